The fourth-order valence-electron chi connectivity index (χ4n) is 1.87. The molecule has 3 rings (SSSR count). The van der Waals surface area contributed by atoms with Crippen molar-refractivity contribution in [1.82, 2.24) is 10.3 Å². The minimum Gasteiger partial charge on any atom is -0.462 e. The van der Waals surface area contributed by atoms with Crippen molar-refractivity contribution >= 4 is 34.7 Å². The van der Waals surface area contributed by atoms with Gasteiger partial charge in [0, 0.05) is 15.8 Å². The molecule has 0 spiro atoms. The number of carbonyl (C=O) groups excluding carboxylic acids is 1. The topological polar surface area (TPSA) is 55.1 Å². The molecular formula is C16H14N2O2S2. The molecule has 1 amide bonds. The average Bonchev–Trinajstić information content (AvgIpc) is 3.24. The van der Waals surface area contributed by atoms with E-state index in [1.54, 1.807) is 23.7 Å². The van der Waals surface area contributed by atoms with Crippen LogP contribution in [0.15, 0.2) is 46.4 Å². The summed E-state index contributed by atoms with van der Waals surface area (Å²) < 4.78 is 5.34. The van der Waals surface area contributed by atoms with Gasteiger partial charge in [-0.3, -0.25) is 4.79 Å². The summed E-state index contributed by atoms with van der Waals surface area (Å²) in [6, 6.07) is 7.64. The van der Waals surface area contributed by atoms with Crippen LogP contribution in [-0.4, -0.2) is 10.9 Å². The van der Waals surface area contributed by atoms with Gasteiger partial charge >= 0.3 is 0 Å². The molecule has 0 saturated carbocycles. The van der Waals surface area contributed by atoms with Gasteiger partial charge in [0.15, 0.2) is 10.8 Å². The van der Waals surface area contributed by atoms with Crippen molar-refractivity contribution < 1.29 is 9.21 Å². The molecule has 0 unspecified atom stereocenters. The second-order valence-electron chi connectivity index (χ2n) is 4.57. The summed E-state index contributed by atoms with van der Waals surface area (Å²) in [5.74, 6) is 0.643. The lowest BCUT2D eigenvalue weighted by Crippen LogP contribution is -2.19. The summed E-state index contributed by atoms with van der Waals surface area (Å²) in [5.41, 5.74) is 0.916. The van der Waals surface area contributed by atoms with Crippen LogP contribution < -0.4 is 5.32 Å². The Labute approximate surface area is 136 Å². The maximum Gasteiger partial charge on any atom is 0.244 e. The van der Waals surface area contributed by atoms with Crippen LogP contribution in [0.3, 0.4) is 0 Å². The Morgan fingerprint density at radius 1 is 1.41 bits per heavy atom. The number of aromatic nitrogens is 1. The van der Waals surface area contributed by atoms with Gasteiger partial charge in [0.05, 0.1) is 18.5 Å². The molecule has 0 aliphatic rings. The molecule has 0 saturated heterocycles. The van der Waals surface area contributed by atoms with Crippen LogP contribution in [0.1, 0.15) is 15.4 Å². The summed E-state index contributed by atoms with van der Waals surface area (Å²) in [5, 5.41) is 5.69. The molecule has 22 heavy (non-hydrogen) atoms. The normalized spacial score (nSPS) is 11.1. The van der Waals surface area contributed by atoms with Crippen molar-refractivity contribution in [3.05, 3.63) is 57.4 Å². The Kier molecular flexibility index (Phi) is 4.50. The monoisotopic (exact) mass is 330 g/mol. The zero-order valence-electron chi connectivity index (χ0n) is 11.9. The fraction of sp³-hybridized carbons (Fsp3) is 0.125. The third-order valence-corrected chi connectivity index (χ3v) is 5.00. The molecule has 0 bridgehead atoms. The molecule has 0 aliphatic heterocycles. The molecule has 3 aromatic rings. The van der Waals surface area contributed by atoms with Gasteiger partial charge in [-0.25, -0.2) is 4.98 Å². The van der Waals surface area contributed by atoms with Gasteiger partial charge in [0.25, 0.3) is 0 Å². The number of rotatable bonds is 5. The average molecular weight is 330 g/mol. The van der Waals surface area contributed by atoms with E-state index < -0.39 is 0 Å². The SMILES string of the molecule is Cc1nc(-c2ccco2)sc1CNC(=O)/C=C/c1cccs1. The first kappa shape index (κ1) is 14.7. The first-order valence-electron chi connectivity index (χ1n) is 6.72. The smallest absolute Gasteiger partial charge is 0.244 e. The van der Waals surface area contributed by atoms with E-state index in [0.29, 0.717) is 6.54 Å². The molecule has 3 aromatic heterocycles. The van der Waals surface area contributed by atoms with E-state index in [0.717, 1.165) is 26.2 Å². The number of carbonyl (C=O) groups is 1. The number of nitrogens with one attached hydrogen (secondary N) is 1. The molecule has 112 valence electrons. The number of aryl methyl sites for hydroxylation is 1. The van der Waals surface area contributed by atoms with E-state index in [1.165, 1.54) is 11.3 Å². The van der Waals surface area contributed by atoms with E-state index in [2.05, 4.69) is 10.3 Å². The third kappa shape index (κ3) is 3.52. The van der Waals surface area contributed by atoms with Gasteiger partial charge < -0.3 is 9.73 Å². The maximum absolute atomic E-state index is 11.8. The maximum atomic E-state index is 11.8. The highest BCUT2D eigenvalue weighted by molar-refractivity contribution is 7.15. The molecule has 4 nitrogen and oxygen atoms in total. The van der Waals surface area contributed by atoms with Gasteiger partial charge in [0.1, 0.15) is 0 Å². The number of amides is 1. The van der Waals surface area contributed by atoms with Gasteiger partial charge in [-0.2, -0.15) is 0 Å². The lowest BCUT2D eigenvalue weighted by molar-refractivity contribution is -0.116. The van der Waals surface area contributed by atoms with Crippen molar-refractivity contribution in [2.45, 2.75) is 13.5 Å². The summed E-state index contributed by atoms with van der Waals surface area (Å²) in [6.07, 6.45) is 4.99. The summed E-state index contributed by atoms with van der Waals surface area (Å²) in [7, 11) is 0. The lowest BCUT2D eigenvalue weighted by atomic mass is 10.3. The molecule has 0 radical (unpaired) electrons. The molecule has 1 N–H and O–H groups in total. The zero-order chi connectivity index (χ0) is 15.4. The minimum atomic E-state index is -0.110. The second kappa shape index (κ2) is 6.72. The van der Waals surface area contributed by atoms with Crippen LogP contribution in [0, 0.1) is 6.92 Å². The first-order valence-corrected chi connectivity index (χ1v) is 8.41. The number of thiophene rings is 1. The lowest BCUT2D eigenvalue weighted by Gasteiger charge is -1.99. The van der Waals surface area contributed by atoms with Crippen molar-refractivity contribution in [1.29, 1.82) is 0 Å². The number of furan rings is 1. The molecular weight excluding hydrogens is 316 g/mol. The van der Waals surface area contributed by atoms with Crippen LogP contribution in [0.4, 0.5) is 0 Å². The summed E-state index contributed by atoms with van der Waals surface area (Å²) in [4.78, 5) is 18.4. The Bertz CT molecular complexity index is 771. The molecule has 0 fully saturated rings. The Balaban J connectivity index is 1.61. The Hall–Kier alpha value is -2.18. The second-order valence-corrected chi connectivity index (χ2v) is 6.63. The summed E-state index contributed by atoms with van der Waals surface area (Å²) >= 11 is 3.13. The van der Waals surface area contributed by atoms with E-state index >= 15 is 0 Å². The molecule has 6 heteroatoms. The molecule has 0 atom stereocenters. The highest BCUT2D eigenvalue weighted by atomic mass is 32.1. The van der Waals surface area contributed by atoms with Gasteiger partial charge in [-0.05, 0) is 36.6 Å². The predicted molar refractivity (Wildman–Crippen MR) is 89.8 cm³/mol. The van der Waals surface area contributed by atoms with Crippen LogP contribution in [0.2, 0.25) is 0 Å². The minimum absolute atomic E-state index is 0.110. The first-order chi connectivity index (χ1) is 10.7. The van der Waals surface area contributed by atoms with E-state index in [4.69, 9.17) is 4.42 Å². The highest BCUT2D eigenvalue weighted by Gasteiger charge is 2.11. The summed E-state index contributed by atoms with van der Waals surface area (Å²) in [6.45, 7) is 2.41. The quantitative estimate of drug-likeness (QED) is 0.717. The number of nitrogens with zero attached hydrogens (tertiary/aromatic N) is 1. The van der Waals surface area contributed by atoms with Gasteiger partial charge in [-0.15, -0.1) is 22.7 Å². The molecule has 0 aliphatic carbocycles. The Morgan fingerprint density at radius 2 is 2.32 bits per heavy atom. The van der Waals surface area contributed by atoms with Crippen LogP contribution in [0.25, 0.3) is 16.8 Å². The molecule has 0 aromatic carbocycles. The van der Waals surface area contributed by atoms with Crippen molar-refractivity contribution in [3.8, 4) is 10.8 Å². The highest BCUT2D eigenvalue weighted by Crippen LogP contribution is 2.28. The third-order valence-electron chi connectivity index (χ3n) is 2.99. The fourth-order valence-corrected chi connectivity index (χ4v) is 3.46. The number of thiazole rings is 1. The number of hydrogen-bond acceptors (Lipinski definition) is 5. The zero-order valence-corrected chi connectivity index (χ0v) is 13.5. The van der Waals surface area contributed by atoms with E-state index in [1.807, 2.05) is 42.6 Å². The van der Waals surface area contributed by atoms with Gasteiger partial charge in [0.2, 0.25) is 5.91 Å². The van der Waals surface area contributed by atoms with Crippen molar-refractivity contribution in [3.63, 3.8) is 0 Å². The standard InChI is InChI=1S/C16H14N2O2S2/c1-11-14(22-16(18-11)13-5-2-8-20-13)10-17-15(19)7-6-12-4-3-9-21-12/h2-9H,10H2,1H3,(H,17,19)/b7-6+. The van der Waals surface area contributed by atoms with E-state index in [-0.39, 0.29) is 5.91 Å². The number of hydrogen-bond donors (Lipinski definition) is 1. The van der Waals surface area contributed by atoms with E-state index in [9.17, 15) is 4.79 Å². The van der Waals surface area contributed by atoms with Crippen LogP contribution in [0.5, 0.6) is 0 Å². The van der Waals surface area contributed by atoms with Crippen molar-refractivity contribution in [2.75, 3.05) is 0 Å². The largest absolute Gasteiger partial charge is 0.462 e. The molecule has 3 heterocycles. The Morgan fingerprint density at radius 3 is 3.05 bits per heavy atom. The van der Waals surface area contributed by atoms with Crippen LogP contribution >= 0.6 is 22.7 Å². The predicted octanol–water partition coefficient (Wildman–Crippen LogP) is 4.10. The van der Waals surface area contributed by atoms with Crippen LogP contribution in [-0.2, 0) is 11.3 Å². The van der Waals surface area contributed by atoms with Crippen molar-refractivity contribution in [2.24, 2.45) is 0 Å². The van der Waals surface area contributed by atoms with Gasteiger partial charge in [-0.1, -0.05) is 6.07 Å².